The molecule has 0 aromatic heterocycles. The molecular weight excluding hydrogens is 553 g/mol. The summed E-state index contributed by atoms with van der Waals surface area (Å²) in [6, 6.07) is 79.1. The van der Waals surface area contributed by atoms with E-state index in [1.807, 2.05) is 60.7 Å². The lowest BCUT2D eigenvalue weighted by atomic mass is 10.0. The molecular formula is C46H38. The molecule has 0 saturated heterocycles. The maximum atomic E-state index is 2.18. The summed E-state index contributed by atoms with van der Waals surface area (Å²) in [7, 11) is 0. The molecule has 8 rings (SSSR count). The highest BCUT2D eigenvalue weighted by molar-refractivity contribution is 5.82. The predicted molar refractivity (Wildman–Crippen MR) is 200 cm³/mol. The van der Waals surface area contributed by atoms with Crippen molar-refractivity contribution < 1.29 is 0 Å². The van der Waals surface area contributed by atoms with Crippen LogP contribution in [0, 0.1) is 0 Å². The summed E-state index contributed by atoms with van der Waals surface area (Å²) in [6.45, 7) is 0. The van der Waals surface area contributed by atoms with Gasteiger partial charge in [0, 0.05) is 0 Å². The SMILES string of the molecule is c1ccc(-c2ccc(-c3ccccc3)cc2)cc1.c1ccc(-c2ccccc2)cc1.c1ccc2ccccc2c1.c1ccccc1. The predicted octanol–water partition coefficient (Wildman–Crippen LogP) is 12.9. The highest BCUT2D eigenvalue weighted by Gasteiger charge is 1.99. The Morgan fingerprint density at radius 2 is 0.283 bits per heavy atom. The number of rotatable bonds is 3. The van der Waals surface area contributed by atoms with E-state index in [4.69, 9.17) is 0 Å². The summed E-state index contributed by atoms with van der Waals surface area (Å²) in [6.07, 6.45) is 0. The lowest BCUT2D eigenvalue weighted by Crippen LogP contribution is -1.79. The van der Waals surface area contributed by atoms with Crippen molar-refractivity contribution in [2.75, 3.05) is 0 Å². The second-order valence-corrected chi connectivity index (χ2v) is 10.5. The Hall–Kier alpha value is -5.98. The Labute approximate surface area is 273 Å². The maximum Gasteiger partial charge on any atom is -0.0184 e. The Kier molecular flexibility index (Phi) is 12.3. The third kappa shape index (κ3) is 10.0. The summed E-state index contributed by atoms with van der Waals surface area (Å²) < 4.78 is 0. The minimum absolute atomic E-state index is 1.26. The quantitative estimate of drug-likeness (QED) is 0.192. The van der Waals surface area contributed by atoms with Crippen LogP contribution in [0.2, 0.25) is 0 Å². The van der Waals surface area contributed by atoms with Gasteiger partial charge in [0.1, 0.15) is 0 Å². The molecule has 0 nitrogen and oxygen atoms in total. The van der Waals surface area contributed by atoms with Gasteiger partial charge in [0.05, 0.1) is 0 Å². The van der Waals surface area contributed by atoms with Gasteiger partial charge in [-0.05, 0) is 44.2 Å². The van der Waals surface area contributed by atoms with Crippen LogP contribution in [-0.4, -0.2) is 0 Å². The van der Waals surface area contributed by atoms with Crippen LogP contribution >= 0.6 is 0 Å². The Morgan fingerprint density at radius 3 is 0.500 bits per heavy atom. The molecule has 0 atom stereocenters. The molecule has 0 bridgehead atoms. The van der Waals surface area contributed by atoms with E-state index in [0.717, 1.165) is 0 Å². The van der Waals surface area contributed by atoms with Crippen LogP contribution in [0.1, 0.15) is 0 Å². The summed E-state index contributed by atoms with van der Waals surface area (Å²) in [5, 5.41) is 2.62. The second kappa shape index (κ2) is 18.0. The molecule has 0 heterocycles. The van der Waals surface area contributed by atoms with E-state index >= 15 is 0 Å². The molecule has 0 unspecified atom stereocenters. The standard InChI is InChI=1S/C18H14.C12H10.C10H8.C6H6/c1-3-7-15(8-4-1)17-11-13-18(14-12-17)16-9-5-2-6-10-16;1-3-7-11(8-4-1)12-9-5-2-6-10-12;1-2-6-10-8-4-3-7-9(10)5-1;1-2-4-6-5-3-1/h1-14H;1-10H;1-8H;1-6H. The van der Waals surface area contributed by atoms with Gasteiger partial charge in [-0.1, -0.05) is 231 Å². The van der Waals surface area contributed by atoms with E-state index < -0.39 is 0 Å². The van der Waals surface area contributed by atoms with Crippen LogP contribution in [0.25, 0.3) is 44.2 Å². The van der Waals surface area contributed by atoms with Crippen molar-refractivity contribution in [2.45, 2.75) is 0 Å². The fraction of sp³-hybridized carbons (Fsp3) is 0. The van der Waals surface area contributed by atoms with Gasteiger partial charge in [0.2, 0.25) is 0 Å². The highest BCUT2D eigenvalue weighted by atomic mass is 14.0. The molecule has 0 saturated carbocycles. The van der Waals surface area contributed by atoms with Crippen molar-refractivity contribution in [2.24, 2.45) is 0 Å². The Morgan fingerprint density at radius 1 is 0.130 bits per heavy atom. The van der Waals surface area contributed by atoms with E-state index in [1.165, 1.54) is 44.2 Å². The molecule has 0 aliphatic rings. The molecule has 0 heteroatoms. The van der Waals surface area contributed by atoms with Gasteiger partial charge in [-0.25, -0.2) is 0 Å². The van der Waals surface area contributed by atoms with E-state index in [1.54, 1.807) is 0 Å². The number of hydrogen-bond donors (Lipinski definition) is 0. The first kappa shape index (κ1) is 31.4. The van der Waals surface area contributed by atoms with Crippen molar-refractivity contribution >= 4 is 10.8 Å². The van der Waals surface area contributed by atoms with Gasteiger partial charge < -0.3 is 0 Å². The zero-order valence-electron chi connectivity index (χ0n) is 25.9. The lowest BCUT2D eigenvalue weighted by Gasteiger charge is -2.04. The van der Waals surface area contributed by atoms with E-state index in [9.17, 15) is 0 Å². The first-order valence-electron chi connectivity index (χ1n) is 15.6. The summed E-state index contributed by atoms with van der Waals surface area (Å²) in [5.41, 5.74) is 7.59. The largest absolute Gasteiger partial charge is 0.0623 e. The topological polar surface area (TPSA) is 0 Å². The molecule has 0 fully saturated rings. The first-order valence-corrected chi connectivity index (χ1v) is 15.6. The Bertz CT molecular complexity index is 1740. The molecule has 8 aromatic carbocycles. The molecule has 0 aliphatic carbocycles. The second-order valence-electron chi connectivity index (χ2n) is 10.5. The minimum atomic E-state index is 1.26. The summed E-state index contributed by atoms with van der Waals surface area (Å²) >= 11 is 0. The van der Waals surface area contributed by atoms with Gasteiger partial charge in [0.15, 0.2) is 0 Å². The molecule has 0 N–H and O–H groups in total. The first-order chi connectivity index (χ1) is 22.9. The average Bonchev–Trinajstić information content (AvgIpc) is 3.18. The fourth-order valence-electron chi connectivity index (χ4n) is 4.90. The van der Waals surface area contributed by atoms with Gasteiger partial charge in [-0.2, -0.15) is 0 Å². The molecule has 8 aromatic rings. The normalized spacial score (nSPS) is 9.74. The number of fused-ring (bicyclic) bond motifs is 1. The monoisotopic (exact) mass is 590 g/mol. The van der Waals surface area contributed by atoms with Gasteiger partial charge in [-0.3, -0.25) is 0 Å². The van der Waals surface area contributed by atoms with Crippen LogP contribution in [-0.2, 0) is 0 Å². The molecule has 0 spiro atoms. The summed E-state index contributed by atoms with van der Waals surface area (Å²) in [5.74, 6) is 0. The average molecular weight is 591 g/mol. The van der Waals surface area contributed by atoms with E-state index in [2.05, 4.69) is 170 Å². The molecule has 222 valence electrons. The van der Waals surface area contributed by atoms with Gasteiger partial charge >= 0.3 is 0 Å². The third-order valence-electron chi connectivity index (χ3n) is 7.31. The molecule has 46 heavy (non-hydrogen) atoms. The lowest BCUT2D eigenvalue weighted by molar-refractivity contribution is 1.59. The molecule has 0 radical (unpaired) electrons. The van der Waals surface area contributed by atoms with Crippen molar-refractivity contribution in [3.05, 3.63) is 231 Å². The van der Waals surface area contributed by atoms with Crippen LogP contribution in [0.15, 0.2) is 231 Å². The highest BCUT2D eigenvalue weighted by Crippen LogP contribution is 2.24. The number of hydrogen-bond acceptors (Lipinski definition) is 0. The maximum absolute atomic E-state index is 2.18. The van der Waals surface area contributed by atoms with E-state index in [-0.39, 0.29) is 0 Å². The minimum Gasteiger partial charge on any atom is -0.0623 e. The van der Waals surface area contributed by atoms with Crippen molar-refractivity contribution in [1.82, 2.24) is 0 Å². The smallest absolute Gasteiger partial charge is 0.0184 e. The van der Waals surface area contributed by atoms with Crippen LogP contribution in [0.5, 0.6) is 0 Å². The zero-order chi connectivity index (χ0) is 31.5. The number of benzene rings is 8. The van der Waals surface area contributed by atoms with Crippen LogP contribution in [0.3, 0.4) is 0 Å². The van der Waals surface area contributed by atoms with E-state index in [0.29, 0.717) is 0 Å². The van der Waals surface area contributed by atoms with Crippen LogP contribution in [0.4, 0.5) is 0 Å². The zero-order valence-corrected chi connectivity index (χ0v) is 25.9. The van der Waals surface area contributed by atoms with Crippen molar-refractivity contribution in [1.29, 1.82) is 0 Å². The fourth-order valence-corrected chi connectivity index (χ4v) is 4.90. The van der Waals surface area contributed by atoms with Crippen molar-refractivity contribution in [3.8, 4) is 33.4 Å². The van der Waals surface area contributed by atoms with Gasteiger partial charge in [0.25, 0.3) is 0 Å². The third-order valence-corrected chi connectivity index (χ3v) is 7.31. The van der Waals surface area contributed by atoms with Gasteiger partial charge in [-0.15, -0.1) is 0 Å². The molecule has 0 aliphatic heterocycles. The van der Waals surface area contributed by atoms with Crippen molar-refractivity contribution in [3.63, 3.8) is 0 Å². The Balaban J connectivity index is 0.000000129. The summed E-state index contributed by atoms with van der Waals surface area (Å²) in [4.78, 5) is 0. The molecule has 0 amide bonds. The van der Waals surface area contributed by atoms with Crippen LogP contribution < -0.4 is 0 Å².